The quantitative estimate of drug-likeness (QED) is 0.358. The fourth-order valence-corrected chi connectivity index (χ4v) is 2.57. The zero-order chi connectivity index (χ0) is 12.1. The molecule has 0 amide bonds. The SMILES string of the molecule is CSC(=NC1CCCc2ccccc21)NC#N. The van der Waals surface area contributed by atoms with E-state index >= 15 is 0 Å². The van der Waals surface area contributed by atoms with Gasteiger partial charge in [-0.3, -0.25) is 10.3 Å². The Balaban J connectivity index is 2.27. The maximum absolute atomic E-state index is 8.64. The van der Waals surface area contributed by atoms with Crippen LogP contribution in [-0.2, 0) is 6.42 Å². The second-order valence-electron chi connectivity index (χ2n) is 3.98. The second-order valence-corrected chi connectivity index (χ2v) is 4.78. The number of benzene rings is 1. The van der Waals surface area contributed by atoms with Gasteiger partial charge in [0.25, 0.3) is 0 Å². The molecule has 1 N–H and O–H groups in total. The Morgan fingerprint density at radius 1 is 1.53 bits per heavy atom. The van der Waals surface area contributed by atoms with Gasteiger partial charge in [0.2, 0.25) is 0 Å². The summed E-state index contributed by atoms with van der Waals surface area (Å²) in [6.45, 7) is 0. The number of rotatable bonds is 1. The molecule has 1 unspecified atom stereocenters. The molecule has 1 aromatic carbocycles. The van der Waals surface area contributed by atoms with Gasteiger partial charge in [0.15, 0.2) is 11.4 Å². The van der Waals surface area contributed by atoms with Gasteiger partial charge in [-0.2, -0.15) is 5.26 Å². The van der Waals surface area contributed by atoms with Crippen molar-refractivity contribution in [3.05, 3.63) is 35.4 Å². The number of nitrogens with zero attached hydrogens (tertiary/aromatic N) is 2. The lowest BCUT2D eigenvalue weighted by atomic mass is 9.88. The van der Waals surface area contributed by atoms with Gasteiger partial charge in [0, 0.05) is 0 Å². The van der Waals surface area contributed by atoms with Crippen LogP contribution < -0.4 is 5.32 Å². The monoisotopic (exact) mass is 245 g/mol. The molecule has 88 valence electrons. The smallest absolute Gasteiger partial charge is 0.183 e. The van der Waals surface area contributed by atoms with E-state index in [9.17, 15) is 0 Å². The summed E-state index contributed by atoms with van der Waals surface area (Å²) >= 11 is 1.48. The zero-order valence-electron chi connectivity index (χ0n) is 9.81. The summed E-state index contributed by atoms with van der Waals surface area (Å²) in [6.07, 6.45) is 7.23. The maximum Gasteiger partial charge on any atom is 0.183 e. The highest BCUT2D eigenvalue weighted by Gasteiger charge is 2.19. The molecule has 0 saturated heterocycles. The van der Waals surface area contributed by atoms with E-state index in [1.165, 1.54) is 29.3 Å². The number of hydrogen-bond acceptors (Lipinski definition) is 3. The zero-order valence-corrected chi connectivity index (χ0v) is 10.6. The summed E-state index contributed by atoms with van der Waals surface area (Å²) in [5.74, 6) is 0. The molecule has 0 bridgehead atoms. The number of aliphatic imine (C=N–C) groups is 1. The third-order valence-electron chi connectivity index (χ3n) is 2.97. The Bertz CT molecular complexity index is 462. The van der Waals surface area contributed by atoms with Crippen LogP contribution in [0.2, 0.25) is 0 Å². The molecule has 0 saturated carbocycles. The van der Waals surface area contributed by atoms with Crippen molar-refractivity contribution in [2.24, 2.45) is 4.99 Å². The van der Waals surface area contributed by atoms with E-state index in [2.05, 4.69) is 34.6 Å². The van der Waals surface area contributed by atoms with E-state index in [0.29, 0.717) is 5.17 Å². The van der Waals surface area contributed by atoms with Crippen molar-refractivity contribution in [3.8, 4) is 6.19 Å². The molecule has 0 aliphatic heterocycles. The fraction of sp³-hybridized carbons (Fsp3) is 0.385. The van der Waals surface area contributed by atoms with E-state index in [1.54, 1.807) is 0 Å². The standard InChI is InChI=1S/C13H15N3S/c1-17-13(15-9-14)16-12-8-4-6-10-5-2-3-7-11(10)12/h2-3,5,7,12H,4,6,8H2,1H3,(H,15,16). The van der Waals surface area contributed by atoms with Gasteiger partial charge in [0.1, 0.15) is 0 Å². The predicted molar refractivity (Wildman–Crippen MR) is 71.8 cm³/mol. The molecule has 17 heavy (non-hydrogen) atoms. The van der Waals surface area contributed by atoms with Crippen molar-refractivity contribution in [1.29, 1.82) is 5.26 Å². The van der Waals surface area contributed by atoms with Gasteiger partial charge in [-0.05, 0) is 36.6 Å². The molecule has 1 atom stereocenters. The van der Waals surface area contributed by atoms with Crippen LogP contribution in [0.4, 0.5) is 0 Å². The topological polar surface area (TPSA) is 48.2 Å². The van der Waals surface area contributed by atoms with Gasteiger partial charge in [-0.15, -0.1) is 0 Å². The van der Waals surface area contributed by atoms with Crippen LogP contribution in [0.25, 0.3) is 0 Å². The molecule has 4 heteroatoms. The van der Waals surface area contributed by atoms with Gasteiger partial charge >= 0.3 is 0 Å². The number of thioether (sulfide) groups is 1. The molecule has 0 spiro atoms. The Morgan fingerprint density at radius 3 is 3.12 bits per heavy atom. The van der Waals surface area contributed by atoms with E-state index in [-0.39, 0.29) is 6.04 Å². The number of hydrogen-bond donors (Lipinski definition) is 1. The minimum atomic E-state index is 0.197. The third-order valence-corrected chi connectivity index (χ3v) is 3.56. The largest absolute Gasteiger partial charge is 0.272 e. The molecule has 0 heterocycles. The van der Waals surface area contributed by atoms with Crippen LogP contribution in [0.3, 0.4) is 0 Å². The summed E-state index contributed by atoms with van der Waals surface area (Å²) < 4.78 is 0. The number of nitrogens with one attached hydrogen (secondary N) is 1. The first-order valence-corrected chi connectivity index (χ1v) is 6.92. The van der Waals surface area contributed by atoms with E-state index in [4.69, 9.17) is 5.26 Å². The van der Waals surface area contributed by atoms with Crippen LogP contribution in [0.15, 0.2) is 29.3 Å². The molecular formula is C13H15N3S. The maximum atomic E-state index is 8.64. The average molecular weight is 245 g/mol. The summed E-state index contributed by atoms with van der Waals surface area (Å²) in [4.78, 5) is 4.63. The van der Waals surface area contributed by atoms with E-state index in [0.717, 1.165) is 12.8 Å². The lowest BCUT2D eigenvalue weighted by molar-refractivity contribution is 0.573. The average Bonchev–Trinajstić information content (AvgIpc) is 2.38. The van der Waals surface area contributed by atoms with E-state index in [1.807, 2.05) is 12.4 Å². The molecule has 0 fully saturated rings. The van der Waals surface area contributed by atoms with Gasteiger partial charge in [0.05, 0.1) is 6.04 Å². The number of amidine groups is 1. The van der Waals surface area contributed by atoms with Crippen molar-refractivity contribution in [2.75, 3.05) is 6.26 Å². The predicted octanol–water partition coefficient (Wildman–Crippen LogP) is 2.85. The fourth-order valence-electron chi connectivity index (χ4n) is 2.19. The van der Waals surface area contributed by atoms with Crippen LogP contribution in [0, 0.1) is 11.5 Å². The molecule has 2 rings (SSSR count). The normalized spacial score (nSPS) is 19.3. The molecule has 0 radical (unpaired) electrons. The Morgan fingerprint density at radius 2 is 2.35 bits per heavy atom. The molecule has 0 aromatic heterocycles. The number of nitriles is 1. The minimum Gasteiger partial charge on any atom is -0.272 e. The summed E-state index contributed by atoms with van der Waals surface area (Å²) in [6, 6.07) is 8.65. The summed E-state index contributed by atoms with van der Waals surface area (Å²) in [7, 11) is 0. The van der Waals surface area contributed by atoms with Crippen molar-refractivity contribution in [3.63, 3.8) is 0 Å². The highest BCUT2D eigenvalue weighted by atomic mass is 32.2. The molecule has 3 nitrogen and oxygen atoms in total. The van der Waals surface area contributed by atoms with Crippen LogP contribution in [0.1, 0.15) is 30.0 Å². The summed E-state index contributed by atoms with van der Waals surface area (Å²) in [5, 5.41) is 12.0. The summed E-state index contributed by atoms with van der Waals surface area (Å²) in [5.41, 5.74) is 2.70. The van der Waals surface area contributed by atoms with Crippen molar-refractivity contribution >= 4 is 16.9 Å². The Kier molecular flexibility index (Phi) is 4.05. The van der Waals surface area contributed by atoms with Crippen molar-refractivity contribution in [1.82, 2.24) is 5.32 Å². The van der Waals surface area contributed by atoms with Gasteiger partial charge in [-0.1, -0.05) is 36.0 Å². The van der Waals surface area contributed by atoms with Crippen LogP contribution >= 0.6 is 11.8 Å². The number of aryl methyl sites for hydroxylation is 1. The Hall–Kier alpha value is -1.47. The molecule has 1 aromatic rings. The molecule has 1 aliphatic carbocycles. The van der Waals surface area contributed by atoms with Crippen molar-refractivity contribution < 1.29 is 0 Å². The first-order chi connectivity index (χ1) is 8.35. The Labute approximate surface area is 106 Å². The second kappa shape index (κ2) is 5.74. The highest BCUT2D eigenvalue weighted by molar-refractivity contribution is 8.13. The minimum absolute atomic E-state index is 0.197. The van der Waals surface area contributed by atoms with Gasteiger partial charge < -0.3 is 0 Å². The first kappa shape index (κ1) is 12.0. The first-order valence-electron chi connectivity index (χ1n) is 5.70. The lowest BCUT2D eigenvalue weighted by Crippen LogP contribution is -2.17. The van der Waals surface area contributed by atoms with Crippen molar-refractivity contribution in [2.45, 2.75) is 25.3 Å². The molecular weight excluding hydrogens is 230 g/mol. The number of fused-ring (bicyclic) bond motifs is 1. The van der Waals surface area contributed by atoms with Crippen LogP contribution in [-0.4, -0.2) is 11.4 Å². The molecule has 1 aliphatic rings. The third kappa shape index (κ3) is 2.80. The van der Waals surface area contributed by atoms with E-state index < -0.39 is 0 Å². The lowest BCUT2D eigenvalue weighted by Gasteiger charge is -2.22. The van der Waals surface area contributed by atoms with Gasteiger partial charge in [-0.25, -0.2) is 0 Å². The van der Waals surface area contributed by atoms with Crippen LogP contribution in [0.5, 0.6) is 0 Å². The highest BCUT2D eigenvalue weighted by Crippen LogP contribution is 2.32.